The summed E-state index contributed by atoms with van der Waals surface area (Å²) in [5.41, 5.74) is -1.78. The molecule has 2 aromatic rings. The second kappa shape index (κ2) is 6.82. The third kappa shape index (κ3) is 4.78. The van der Waals surface area contributed by atoms with E-state index in [1.807, 2.05) is 0 Å². The van der Waals surface area contributed by atoms with Crippen LogP contribution in [0.5, 0.6) is 0 Å². The van der Waals surface area contributed by atoms with E-state index in [-0.39, 0.29) is 11.7 Å². The number of sulfonamides is 1. The lowest BCUT2D eigenvalue weighted by atomic mass is 10.1. The zero-order valence-corrected chi connectivity index (χ0v) is 14.1. The second-order valence-electron chi connectivity index (χ2n) is 5.52. The van der Waals surface area contributed by atoms with Gasteiger partial charge in [0.1, 0.15) is 0 Å². The Morgan fingerprint density at radius 1 is 1.28 bits per heavy atom. The van der Waals surface area contributed by atoms with E-state index in [0.717, 1.165) is 18.2 Å². The van der Waals surface area contributed by atoms with Crippen molar-refractivity contribution in [1.29, 1.82) is 0 Å². The van der Waals surface area contributed by atoms with E-state index in [1.54, 1.807) is 18.6 Å². The fourth-order valence-corrected chi connectivity index (χ4v) is 3.11. The minimum Gasteiger partial charge on any atom is -0.266 e. The molecule has 0 saturated heterocycles. The van der Waals surface area contributed by atoms with E-state index in [1.165, 1.54) is 16.9 Å². The Balaban J connectivity index is 2.19. The third-order valence-electron chi connectivity index (χ3n) is 3.19. The van der Waals surface area contributed by atoms with Gasteiger partial charge in [0.15, 0.2) is 5.69 Å². The van der Waals surface area contributed by atoms with Gasteiger partial charge in [0.2, 0.25) is 10.0 Å². The molecule has 0 fully saturated rings. The molecular weight excluding hydrogens is 361 g/mol. The van der Waals surface area contributed by atoms with Crippen molar-refractivity contribution in [3.05, 3.63) is 47.3 Å². The monoisotopic (exact) mass is 376 g/mol. The van der Waals surface area contributed by atoms with Crippen molar-refractivity contribution in [3.63, 3.8) is 0 Å². The summed E-state index contributed by atoms with van der Waals surface area (Å²) in [6.45, 7) is 3.56. The summed E-state index contributed by atoms with van der Waals surface area (Å²) in [6, 6.07) is 4.17. The lowest BCUT2D eigenvalue weighted by Gasteiger charge is -2.13. The topological polar surface area (TPSA) is 94.0 Å². The maximum absolute atomic E-state index is 12.9. The Morgan fingerprint density at radius 2 is 1.92 bits per heavy atom. The summed E-state index contributed by atoms with van der Waals surface area (Å²) in [4.78, 5) is 11.9. The van der Waals surface area contributed by atoms with Gasteiger partial charge in [-0.15, -0.1) is 5.10 Å². The smallest absolute Gasteiger partial charge is 0.266 e. The summed E-state index contributed by atoms with van der Waals surface area (Å²) in [7, 11) is -4.35. The Kier molecular flexibility index (Phi) is 5.16. The number of carbonyl (C=O) groups excluding carboxylic acids is 1. The maximum atomic E-state index is 12.9. The summed E-state index contributed by atoms with van der Waals surface area (Å²) >= 11 is 0. The maximum Gasteiger partial charge on any atom is 0.416 e. The normalized spacial score (nSPS) is 12.4. The van der Waals surface area contributed by atoms with Crippen molar-refractivity contribution in [2.75, 3.05) is 0 Å². The Morgan fingerprint density at radius 3 is 2.48 bits per heavy atom. The molecule has 1 aromatic heterocycles. The van der Waals surface area contributed by atoms with Crippen LogP contribution < -0.4 is 4.72 Å². The SMILES string of the molecule is CC(C)n1cc(C(=O)NS(=O)(=O)Cc2ccccc2C(F)(F)F)nn1. The van der Waals surface area contributed by atoms with Crippen LogP contribution >= 0.6 is 0 Å². The Bertz CT molecular complexity index is 875. The van der Waals surface area contributed by atoms with Gasteiger partial charge < -0.3 is 0 Å². The number of benzene rings is 1. The average molecular weight is 376 g/mol. The average Bonchev–Trinajstić information content (AvgIpc) is 2.95. The van der Waals surface area contributed by atoms with Crippen molar-refractivity contribution in [2.45, 2.75) is 31.8 Å². The number of halogens is 3. The fraction of sp³-hybridized carbons (Fsp3) is 0.357. The number of aromatic nitrogens is 3. The quantitative estimate of drug-likeness (QED) is 0.863. The molecule has 1 aromatic carbocycles. The highest BCUT2D eigenvalue weighted by Gasteiger charge is 2.34. The number of nitrogens with one attached hydrogen (secondary N) is 1. The minimum atomic E-state index is -4.70. The molecule has 0 aliphatic rings. The molecule has 2 rings (SSSR count). The number of alkyl halides is 3. The molecule has 25 heavy (non-hydrogen) atoms. The summed E-state index contributed by atoms with van der Waals surface area (Å²) in [6.07, 6.45) is -3.45. The molecule has 0 aliphatic carbocycles. The molecule has 0 spiro atoms. The highest BCUT2D eigenvalue weighted by atomic mass is 32.2. The van der Waals surface area contributed by atoms with Gasteiger partial charge in [0.05, 0.1) is 17.5 Å². The van der Waals surface area contributed by atoms with Gasteiger partial charge in [-0.1, -0.05) is 23.4 Å². The highest BCUT2D eigenvalue weighted by Crippen LogP contribution is 2.32. The van der Waals surface area contributed by atoms with E-state index in [4.69, 9.17) is 0 Å². The molecule has 7 nitrogen and oxygen atoms in total. The molecule has 1 amide bonds. The number of nitrogens with zero attached hydrogens (tertiary/aromatic N) is 3. The van der Waals surface area contributed by atoms with Crippen LogP contribution in [0.3, 0.4) is 0 Å². The molecule has 1 heterocycles. The van der Waals surface area contributed by atoms with E-state index >= 15 is 0 Å². The second-order valence-corrected chi connectivity index (χ2v) is 7.25. The van der Waals surface area contributed by atoms with E-state index in [0.29, 0.717) is 0 Å². The van der Waals surface area contributed by atoms with E-state index < -0.39 is 39.0 Å². The number of rotatable bonds is 5. The Labute approximate surface area is 141 Å². The van der Waals surface area contributed by atoms with Gasteiger partial charge in [0.25, 0.3) is 5.91 Å². The molecule has 1 N–H and O–H groups in total. The molecular formula is C14H15F3N4O3S. The zero-order valence-electron chi connectivity index (χ0n) is 13.3. The molecule has 0 unspecified atom stereocenters. The fourth-order valence-electron chi connectivity index (χ4n) is 1.99. The van der Waals surface area contributed by atoms with Gasteiger partial charge in [-0.2, -0.15) is 13.2 Å². The van der Waals surface area contributed by atoms with Crippen molar-refractivity contribution in [2.24, 2.45) is 0 Å². The van der Waals surface area contributed by atoms with Crippen LogP contribution in [-0.4, -0.2) is 29.3 Å². The highest BCUT2D eigenvalue weighted by molar-refractivity contribution is 7.89. The molecule has 0 aliphatic heterocycles. The standard InChI is InChI=1S/C14H15F3N4O3S/c1-9(2)21-7-12(18-20-21)13(22)19-25(23,24)8-10-5-3-4-6-11(10)14(15,16)17/h3-7,9H,8H2,1-2H3,(H,19,22). The Hall–Kier alpha value is -2.43. The lowest BCUT2D eigenvalue weighted by Crippen LogP contribution is -2.32. The molecule has 0 radical (unpaired) electrons. The van der Waals surface area contributed by atoms with Crippen LogP contribution in [0.4, 0.5) is 13.2 Å². The van der Waals surface area contributed by atoms with Gasteiger partial charge >= 0.3 is 6.18 Å². The van der Waals surface area contributed by atoms with Crippen LogP contribution in [0.1, 0.15) is 41.5 Å². The number of amides is 1. The van der Waals surface area contributed by atoms with Gasteiger partial charge in [-0.25, -0.2) is 17.8 Å². The molecule has 136 valence electrons. The first-order valence-electron chi connectivity index (χ1n) is 7.11. The molecule has 0 atom stereocenters. The lowest BCUT2D eigenvalue weighted by molar-refractivity contribution is -0.138. The van der Waals surface area contributed by atoms with Crippen molar-refractivity contribution in [3.8, 4) is 0 Å². The summed E-state index contributed by atoms with van der Waals surface area (Å²) in [5.74, 6) is -2.05. The van der Waals surface area contributed by atoms with Crippen LogP contribution in [-0.2, 0) is 22.0 Å². The van der Waals surface area contributed by atoms with Crippen molar-refractivity contribution in [1.82, 2.24) is 19.7 Å². The van der Waals surface area contributed by atoms with Gasteiger partial charge in [0, 0.05) is 6.04 Å². The first-order valence-corrected chi connectivity index (χ1v) is 8.76. The first-order chi connectivity index (χ1) is 11.5. The number of hydrogen-bond acceptors (Lipinski definition) is 5. The molecule has 0 bridgehead atoms. The van der Waals surface area contributed by atoms with Crippen molar-refractivity contribution < 1.29 is 26.4 Å². The van der Waals surface area contributed by atoms with Crippen molar-refractivity contribution >= 4 is 15.9 Å². The molecule has 11 heteroatoms. The van der Waals surface area contributed by atoms with Crippen LogP contribution in [0.15, 0.2) is 30.5 Å². The van der Waals surface area contributed by atoms with E-state index in [9.17, 15) is 26.4 Å². The zero-order chi connectivity index (χ0) is 18.8. The largest absolute Gasteiger partial charge is 0.416 e. The van der Waals surface area contributed by atoms with Crippen LogP contribution in [0, 0.1) is 0 Å². The first kappa shape index (κ1) is 18.9. The predicted molar refractivity (Wildman–Crippen MR) is 81.9 cm³/mol. The van der Waals surface area contributed by atoms with Gasteiger partial charge in [-0.05, 0) is 25.5 Å². The summed E-state index contributed by atoms with van der Waals surface area (Å²) < 4.78 is 65.9. The minimum absolute atomic E-state index is 0.0932. The molecule has 0 saturated carbocycles. The van der Waals surface area contributed by atoms with Gasteiger partial charge in [-0.3, -0.25) is 4.79 Å². The summed E-state index contributed by atoms with van der Waals surface area (Å²) in [5, 5.41) is 7.20. The van der Waals surface area contributed by atoms with Crippen LogP contribution in [0.2, 0.25) is 0 Å². The third-order valence-corrected chi connectivity index (χ3v) is 4.38. The number of hydrogen-bond donors (Lipinski definition) is 1. The van der Waals surface area contributed by atoms with Crippen LogP contribution in [0.25, 0.3) is 0 Å². The predicted octanol–water partition coefficient (Wildman–Crippen LogP) is 2.14. The van der Waals surface area contributed by atoms with E-state index in [2.05, 4.69) is 10.3 Å². The number of carbonyl (C=O) groups is 1.